The SMILES string of the molecule is ICCC1CCC2SC2C1. The fourth-order valence-corrected chi connectivity index (χ4v) is 4.05. The van der Waals surface area contributed by atoms with Crippen LogP contribution in [0.5, 0.6) is 0 Å². The van der Waals surface area contributed by atoms with E-state index in [4.69, 9.17) is 0 Å². The van der Waals surface area contributed by atoms with E-state index in [1.54, 1.807) is 6.42 Å². The van der Waals surface area contributed by atoms with Gasteiger partial charge in [0.2, 0.25) is 0 Å². The summed E-state index contributed by atoms with van der Waals surface area (Å²) in [6.45, 7) is 0. The first-order valence-corrected chi connectivity index (χ1v) is 6.58. The molecule has 1 saturated heterocycles. The van der Waals surface area contributed by atoms with Crippen molar-refractivity contribution in [3.63, 3.8) is 0 Å². The first-order valence-electron chi connectivity index (χ1n) is 4.11. The van der Waals surface area contributed by atoms with Crippen LogP contribution >= 0.6 is 34.4 Å². The number of rotatable bonds is 2. The zero-order chi connectivity index (χ0) is 6.97. The molecule has 0 radical (unpaired) electrons. The lowest BCUT2D eigenvalue weighted by Gasteiger charge is -2.18. The van der Waals surface area contributed by atoms with Gasteiger partial charge >= 0.3 is 0 Å². The molecule has 1 heterocycles. The number of hydrogen-bond donors (Lipinski definition) is 0. The van der Waals surface area contributed by atoms with E-state index < -0.39 is 0 Å². The molecule has 2 fully saturated rings. The van der Waals surface area contributed by atoms with Crippen molar-refractivity contribution < 1.29 is 0 Å². The molecule has 2 rings (SSSR count). The zero-order valence-corrected chi connectivity index (χ0v) is 9.03. The van der Waals surface area contributed by atoms with Gasteiger partial charge in [0, 0.05) is 10.5 Å². The van der Waals surface area contributed by atoms with Gasteiger partial charge in [0.15, 0.2) is 0 Å². The highest BCUT2D eigenvalue weighted by molar-refractivity contribution is 14.1. The van der Waals surface area contributed by atoms with E-state index in [9.17, 15) is 0 Å². The molecule has 10 heavy (non-hydrogen) atoms. The molecule has 0 bridgehead atoms. The standard InChI is InChI=1S/C8H13IS/c9-4-3-6-1-2-7-8(5-6)10-7/h6-8H,1-5H2. The maximum Gasteiger partial charge on any atom is 0.0172 e. The molecule has 0 spiro atoms. The minimum Gasteiger partial charge on any atom is -0.153 e. The number of halogens is 1. The van der Waals surface area contributed by atoms with Crippen LogP contribution < -0.4 is 0 Å². The Balaban J connectivity index is 1.77. The largest absolute Gasteiger partial charge is 0.153 e. The molecule has 0 aromatic heterocycles. The lowest BCUT2D eigenvalue weighted by Crippen LogP contribution is -2.13. The van der Waals surface area contributed by atoms with Gasteiger partial charge in [-0.05, 0) is 36.0 Å². The molecule has 1 saturated carbocycles. The van der Waals surface area contributed by atoms with Crippen molar-refractivity contribution in [2.45, 2.75) is 36.2 Å². The first-order chi connectivity index (χ1) is 4.90. The Morgan fingerprint density at radius 1 is 1.30 bits per heavy atom. The summed E-state index contributed by atoms with van der Waals surface area (Å²) in [5.41, 5.74) is 0. The molecule has 0 aromatic carbocycles. The van der Waals surface area contributed by atoms with Crippen LogP contribution in [0.4, 0.5) is 0 Å². The Bertz CT molecular complexity index is 126. The van der Waals surface area contributed by atoms with E-state index in [0.717, 1.165) is 16.4 Å². The molecule has 1 aliphatic heterocycles. The monoisotopic (exact) mass is 268 g/mol. The normalized spacial score (nSPS) is 44.7. The van der Waals surface area contributed by atoms with Gasteiger partial charge in [-0.15, -0.1) is 0 Å². The third-order valence-electron chi connectivity index (χ3n) is 2.63. The summed E-state index contributed by atoms with van der Waals surface area (Å²) < 4.78 is 1.37. The molecule has 0 aromatic rings. The third-order valence-corrected chi connectivity index (χ3v) is 4.72. The highest BCUT2D eigenvalue weighted by Gasteiger charge is 2.42. The Morgan fingerprint density at radius 2 is 2.20 bits per heavy atom. The van der Waals surface area contributed by atoms with Crippen LogP contribution in [0.15, 0.2) is 0 Å². The van der Waals surface area contributed by atoms with Gasteiger partial charge < -0.3 is 0 Å². The van der Waals surface area contributed by atoms with Gasteiger partial charge in [0.05, 0.1) is 0 Å². The number of thioether (sulfide) groups is 1. The number of fused-ring (bicyclic) bond motifs is 1. The third kappa shape index (κ3) is 1.63. The molecule has 1 aliphatic carbocycles. The molecule has 2 aliphatic rings. The van der Waals surface area contributed by atoms with Crippen LogP contribution in [0.25, 0.3) is 0 Å². The van der Waals surface area contributed by atoms with E-state index in [1.165, 1.54) is 23.7 Å². The molecule has 0 amide bonds. The van der Waals surface area contributed by atoms with Crippen LogP contribution in [0.2, 0.25) is 0 Å². The lowest BCUT2D eigenvalue weighted by atomic mass is 9.88. The minimum absolute atomic E-state index is 1.09. The van der Waals surface area contributed by atoms with E-state index >= 15 is 0 Å². The average Bonchev–Trinajstić information content (AvgIpc) is 2.66. The lowest BCUT2D eigenvalue weighted by molar-refractivity contribution is 0.390. The maximum absolute atomic E-state index is 2.50. The summed E-state index contributed by atoms with van der Waals surface area (Å²) in [6.07, 6.45) is 6.07. The molecule has 0 nitrogen and oxygen atoms in total. The maximum atomic E-state index is 2.50. The quantitative estimate of drug-likeness (QED) is 0.421. The molecule has 3 atom stereocenters. The van der Waals surface area contributed by atoms with Crippen LogP contribution in [-0.4, -0.2) is 14.9 Å². The number of alkyl halides is 1. The van der Waals surface area contributed by atoms with Gasteiger partial charge in [-0.2, -0.15) is 11.8 Å². The van der Waals surface area contributed by atoms with Gasteiger partial charge in [0.1, 0.15) is 0 Å². The summed E-state index contributed by atoms with van der Waals surface area (Å²) in [4.78, 5) is 0. The van der Waals surface area contributed by atoms with Crippen molar-refractivity contribution in [1.29, 1.82) is 0 Å². The van der Waals surface area contributed by atoms with Crippen molar-refractivity contribution in [3.8, 4) is 0 Å². The average molecular weight is 268 g/mol. The smallest absolute Gasteiger partial charge is 0.0172 e. The van der Waals surface area contributed by atoms with Crippen molar-refractivity contribution >= 4 is 34.4 Å². The first kappa shape index (κ1) is 7.71. The second-order valence-electron chi connectivity index (χ2n) is 3.37. The molecule has 2 heteroatoms. The molecular formula is C8H13IS. The summed E-state index contributed by atoms with van der Waals surface area (Å²) in [5.74, 6) is 1.09. The summed E-state index contributed by atoms with van der Waals surface area (Å²) in [7, 11) is 0. The molecule has 3 unspecified atom stereocenters. The predicted octanol–water partition coefficient (Wildman–Crippen LogP) is 3.10. The van der Waals surface area contributed by atoms with Gasteiger partial charge in [-0.25, -0.2) is 0 Å². The van der Waals surface area contributed by atoms with E-state index in [2.05, 4.69) is 34.4 Å². The number of hydrogen-bond acceptors (Lipinski definition) is 1. The van der Waals surface area contributed by atoms with Crippen LogP contribution in [0.3, 0.4) is 0 Å². The topological polar surface area (TPSA) is 0 Å². The van der Waals surface area contributed by atoms with Gasteiger partial charge in [0.25, 0.3) is 0 Å². The van der Waals surface area contributed by atoms with Crippen LogP contribution in [-0.2, 0) is 0 Å². The summed E-state index contributed by atoms with van der Waals surface area (Å²) in [5, 5.41) is 2.20. The summed E-state index contributed by atoms with van der Waals surface area (Å²) >= 11 is 4.73. The van der Waals surface area contributed by atoms with E-state index in [1.807, 2.05) is 0 Å². The van der Waals surface area contributed by atoms with Crippen LogP contribution in [0, 0.1) is 5.92 Å². The second kappa shape index (κ2) is 3.21. The van der Waals surface area contributed by atoms with Crippen molar-refractivity contribution in [1.82, 2.24) is 0 Å². The van der Waals surface area contributed by atoms with Crippen LogP contribution in [0.1, 0.15) is 25.7 Å². The Kier molecular flexibility index (Phi) is 2.48. The van der Waals surface area contributed by atoms with Crippen molar-refractivity contribution in [2.24, 2.45) is 5.92 Å². The van der Waals surface area contributed by atoms with E-state index in [0.29, 0.717) is 0 Å². The van der Waals surface area contributed by atoms with E-state index in [-0.39, 0.29) is 0 Å². The second-order valence-corrected chi connectivity index (χ2v) is 5.93. The molecule has 0 N–H and O–H groups in total. The van der Waals surface area contributed by atoms with Crippen molar-refractivity contribution in [3.05, 3.63) is 0 Å². The fraction of sp³-hybridized carbons (Fsp3) is 1.00. The predicted molar refractivity (Wildman–Crippen MR) is 56.0 cm³/mol. The highest BCUT2D eigenvalue weighted by Crippen LogP contribution is 2.52. The zero-order valence-electron chi connectivity index (χ0n) is 6.05. The van der Waals surface area contributed by atoms with Gasteiger partial charge in [-0.1, -0.05) is 22.6 Å². The Morgan fingerprint density at radius 3 is 2.90 bits per heavy atom. The fourth-order valence-electron chi connectivity index (χ4n) is 1.90. The Labute approximate surface area is 80.7 Å². The molecular weight excluding hydrogens is 255 g/mol. The Hall–Kier alpha value is 1.08. The summed E-state index contributed by atoms with van der Waals surface area (Å²) in [6, 6.07) is 0. The van der Waals surface area contributed by atoms with Crippen molar-refractivity contribution in [2.75, 3.05) is 4.43 Å². The highest BCUT2D eigenvalue weighted by atomic mass is 127. The molecule has 58 valence electrons. The minimum atomic E-state index is 1.09. The van der Waals surface area contributed by atoms with Gasteiger partial charge in [-0.3, -0.25) is 0 Å².